The van der Waals surface area contributed by atoms with Crippen LogP contribution in [0.15, 0.2) is 18.5 Å². The van der Waals surface area contributed by atoms with E-state index in [1.54, 1.807) is 0 Å². The van der Waals surface area contributed by atoms with E-state index in [1.807, 2.05) is 30.8 Å². The molecule has 9 heteroatoms. The summed E-state index contributed by atoms with van der Waals surface area (Å²) in [7, 11) is 0. The number of rotatable bonds is 4. The van der Waals surface area contributed by atoms with Gasteiger partial charge in [0.05, 0.1) is 46.4 Å². The van der Waals surface area contributed by atoms with Crippen molar-refractivity contribution in [2.24, 2.45) is 5.41 Å². The summed E-state index contributed by atoms with van der Waals surface area (Å²) in [5, 5.41) is 4.52. The minimum absolute atomic E-state index is 0.0588. The summed E-state index contributed by atoms with van der Waals surface area (Å²) in [5.74, 6) is 0.147. The van der Waals surface area contributed by atoms with Crippen molar-refractivity contribution < 1.29 is 17.9 Å². The highest BCUT2D eigenvalue weighted by Crippen LogP contribution is 2.78. The Labute approximate surface area is 201 Å². The molecule has 4 aliphatic carbocycles. The van der Waals surface area contributed by atoms with Crippen LogP contribution in [0.3, 0.4) is 0 Å². The molecule has 0 N–H and O–H groups in total. The number of aromatic nitrogens is 5. The molecule has 3 aromatic heterocycles. The van der Waals surface area contributed by atoms with Gasteiger partial charge >= 0.3 is 6.18 Å². The summed E-state index contributed by atoms with van der Waals surface area (Å²) in [6.07, 6.45) is 4.07. The van der Waals surface area contributed by atoms with E-state index >= 15 is 0 Å². The van der Waals surface area contributed by atoms with E-state index in [9.17, 15) is 13.2 Å². The number of hydrogen-bond donors (Lipinski definition) is 0. The first kappa shape index (κ1) is 21.7. The fourth-order valence-corrected chi connectivity index (χ4v) is 6.52. The highest BCUT2D eigenvalue weighted by molar-refractivity contribution is 5.79. The average molecular weight is 484 g/mol. The van der Waals surface area contributed by atoms with Gasteiger partial charge in [-0.15, -0.1) is 0 Å². The normalized spacial score (nSPS) is 32.4. The van der Waals surface area contributed by atoms with Crippen LogP contribution in [0.4, 0.5) is 13.2 Å². The van der Waals surface area contributed by atoms with E-state index in [1.165, 1.54) is 12.8 Å². The number of nitrogens with zero attached hydrogens (tertiary/aromatic N) is 5. The lowest BCUT2D eigenvalue weighted by Crippen LogP contribution is -2.70. The molecule has 0 spiro atoms. The standard InChI is InChI=1S/C26H28F3N5O/c1-14-15(2)32-22-20(31-14)8-19(33-23(22)24-11-25(12-24,13-24)26(27,28)29)16-5-6-35-21(7-16)17-9-30-34(10-17)18-3-4-18/h8-10,16,18,21H,3-7,11-13H2,1-2H3/t16-,21-,24?,25?/m0/s1. The second kappa shape index (κ2) is 7.02. The predicted octanol–water partition coefficient (Wildman–Crippen LogP) is 5.79. The molecule has 6 nitrogen and oxygen atoms in total. The zero-order chi connectivity index (χ0) is 24.2. The first-order valence-corrected chi connectivity index (χ1v) is 12.6. The van der Waals surface area contributed by atoms with Crippen LogP contribution in [0.25, 0.3) is 11.0 Å². The van der Waals surface area contributed by atoms with E-state index in [-0.39, 0.29) is 31.3 Å². The van der Waals surface area contributed by atoms with Crippen LogP contribution in [-0.2, 0) is 10.2 Å². The fourth-order valence-electron chi connectivity index (χ4n) is 6.52. The number of pyridine rings is 1. The molecule has 184 valence electrons. The quantitative estimate of drug-likeness (QED) is 0.470. The third-order valence-electron chi connectivity index (χ3n) is 8.83. The third kappa shape index (κ3) is 3.19. The van der Waals surface area contributed by atoms with Crippen molar-refractivity contribution in [2.45, 2.75) is 88.4 Å². The lowest BCUT2D eigenvalue weighted by molar-refractivity contribution is -0.337. The molecular formula is C26H28F3N5O. The maximum atomic E-state index is 13.6. The second-order valence-electron chi connectivity index (χ2n) is 11.3. The Hall–Kier alpha value is -2.55. The zero-order valence-corrected chi connectivity index (χ0v) is 19.9. The smallest absolute Gasteiger partial charge is 0.373 e. The monoisotopic (exact) mass is 483 g/mol. The van der Waals surface area contributed by atoms with Gasteiger partial charge in [0, 0.05) is 35.4 Å². The van der Waals surface area contributed by atoms with Gasteiger partial charge in [0.15, 0.2) is 0 Å². The van der Waals surface area contributed by atoms with Gasteiger partial charge in [0.1, 0.15) is 5.52 Å². The van der Waals surface area contributed by atoms with Crippen molar-refractivity contribution in [2.75, 3.05) is 6.61 Å². The maximum absolute atomic E-state index is 13.6. The first-order valence-electron chi connectivity index (χ1n) is 12.6. The van der Waals surface area contributed by atoms with Gasteiger partial charge in [-0.2, -0.15) is 18.3 Å². The van der Waals surface area contributed by atoms with Crippen LogP contribution in [0, 0.1) is 19.3 Å². The second-order valence-corrected chi connectivity index (χ2v) is 11.3. The van der Waals surface area contributed by atoms with Gasteiger partial charge in [-0.05, 0) is 64.9 Å². The Balaban J connectivity index is 1.24. The molecule has 2 atom stereocenters. The summed E-state index contributed by atoms with van der Waals surface area (Å²) >= 11 is 0. The number of hydrogen-bond acceptors (Lipinski definition) is 5. The molecule has 5 aliphatic rings. The molecule has 0 amide bonds. The SMILES string of the molecule is Cc1nc2cc([C@H]3CCO[C@H](c4cnn(C5CC5)c4)C3)nc(C34CC(C(F)(F)F)(C3)C4)c2nc1C. The van der Waals surface area contributed by atoms with Crippen molar-refractivity contribution >= 4 is 11.0 Å². The molecule has 8 rings (SSSR count). The Bertz CT molecular complexity index is 1320. The molecule has 4 saturated carbocycles. The largest absolute Gasteiger partial charge is 0.394 e. The number of aryl methyl sites for hydroxylation is 2. The van der Waals surface area contributed by atoms with Crippen LogP contribution in [0.1, 0.15) is 91.3 Å². The first-order chi connectivity index (χ1) is 16.7. The lowest BCUT2D eigenvalue weighted by Gasteiger charge is -2.70. The van der Waals surface area contributed by atoms with E-state index in [0.717, 1.165) is 46.7 Å². The van der Waals surface area contributed by atoms with Crippen molar-refractivity contribution in [1.82, 2.24) is 24.7 Å². The van der Waals surface area contributed by atoms with Crippen molar-refractivity contribution in [3.05, 3.63) is 46.8 Å². The molecule has 35 heavy (non-hydrogen) atoms. The van der Waals surface area contributed by atoms with Crippen LogP contribution >= 0.6 is 0 Å². The van der Waals surface area contributed by atoms with Crippen LogP contribution in [0.2, 0.25) is 0 Å². The summed E-state index contributed by atoms with van der Waals surface area (Å²) in [6.45, 7) is 4.42. The van der Waals surface area contributed by atoms with Crippen molar-refractivity contribution in [3.8, 4) is 0 Å². The predicted molar refractivity (Wildman–Crippen MR) is 122 cm³/mol. The Morgan fingerprint density at radius 2 is 1.77 bits per heavy atom. The van der Waals surface area contributed by atoms with Crippen molar-refractivity contribution in [3.63, 3.8) is 0 Å². The van der Waals surface area contributed by atoms with Crippen LogP contribution < -0.4 is 0 Å². The highest BCUT2D eigenvalue weighted by Gasteiger charge is 2.79. The van der Waals surface area contributed by atoms with Gasteiger partial charge in [-0.25, -0.2) is 9.97 Å². The molecule has 2 bridgehead atoms. The molecule has 1 aliphatic heterocycles. The lowest BCUT2D eigenvalue weighted by atomic mass is 9.34. The Morgan fingerprint density at radius 3 is 2.49 bits per heavy atom. The van der Waals surface area contributed by atoms with Crippen LogP contribution in [0.5, 0.6) is 0 Å². The van der Waals surface area contributed by atoms with E-state index in [4.69, 9.17) is 19.7 Å². The summed E-state index contributed by atoms with van der Waals surface area (Å²) in [6, 6.07) is 2.52. The van der Waals surface area contributed by atoms with Crippen LogP contribution in [-0.4, -0.2) is 37.5 Å². The van der Waals surface area contributed by atoms with Crippen molar-refractivity contribution in [1.29, 1.82) is 0 Å². The maximum Gasteiger partial charge on any atom is 0.394 e. The minimum atomic E-state index is -4.15. The average Bonchev–Trinajstić information content (AvgIpc) is 3.48. The molecule has 3 aromatic rings. The zero-order valence-electron chi connectivity index (χ0n) is 19.9. The molecule has 0 unspecified atom stereocenters. The molecular weight excluding hydrogens is 455 g/mol. The minimum Gasteiger partial charge on any atom is -0.373 e. The van der Waals surface area contributed by atoms with Gasteiger partial charge < -0.3 is 4.74 Å². The Morgan fingerprint density at radius 1 is 1.03 bits per heavy atom. The van der Waals surface area contributed by atoms with Gasteiger partial charge in [-0.1, -0.05) is 0 Å². The Kier molecular flexibility index (Phi) is 4.35. The molecule has 0 radical (unpaired) electrons. The molecule has 1 saturated heterocycles. The summed E-state index contributed by atoms with van der Waals surface area (Å²) in [5.41, 5.74) is 3.68. The molecule has 4 heterocycles. The van der Waals surface area contributed by atoms with E-state index in [2.05, 4.69) is 11.3 Å². The topological polar surface area (TPSA) is 65.7 Å². The van der Waals surface area contributed by atoms with Gasteiger partial charge in [0.2, 0.25) is 0 Å². The molecule has 5 fully saturated rings. The summed E-state index contributed by atoms with van der Waals surface area (Å²) in [4.78, 5) is 14.6. The number of ether oxygens (including phenoxy) is 1. The van der Waals surface area contributed by atoms with Gasteiger partial charge in [0.25, 0.3) is 0 Å². The third-order valence-corrected chi connectivity index (χ3v) is 8.83. The molecule has 0 aromatic carbocycles. The highest BCUT2D eigenvalue weighted by atomic mass is 19.4. The van der Waals surface area contributed by atoms with Gasteiger partial charge in [-0.3, -0.25) is 9.67 Å². The van der Waals surface area contributed by atoms with E-state index in [0.29, 0.717) is 18.2 Å². The number of fused-ring (bicyclic) bond motifs is 1. The number of alkyl halides is 3. The number of halogens is 3. The summed E-state index contributed by atoms with van der Waals surface area (Å²) < 4.78 is 48.9. The fraction of sp³-hybridized carbons (Fsp3) is 0.615. The van der Waals surface area contributed by atoms with E-state index < -0.39 is 17.0 Å².